The van der Waals surface area contributed by atoms with Crippen LogP contribution >= 0.6 is 0 Å². The number of nitrogens with zero attached hydrogens (tertiary/aromatic N) is 5. The van der Waals surface area contributed by atoms with Gasteiger partial charge in [-0.15, -0.1) is 0 Å². The molecule has 1 aliphatic carbocycles. The third kappa shape index (κ3) is 3.50. The van der Waals surface area contributed by atoms with E-state index in [1.54, 1.807) is 10.9 Å². The van der Waals surface area contributed by atoms with Crippen molar-refractivity contribution >= 4 is 17.8 Å². The third-order valence-electron chi connectivity index (χ3n) is 7.00. The number of imide groups is 1. The number of carbonyl (C=O) groups excluding carboxylic acids is 3. The lowest BCUT2D eigenvalue weighted by molar-refractivity contribution is -0.139. The predicted molar refractivity (Wildman–Crippen MR) is 124 cm³/mol. The summed E-state index contributed by atoms with van der Waals surface area (Å²) in [6, 6.07) is 7.17. The summed E-state index contributed by atoms with van der Waals surface area (Å²) in [7, 11) is 1.82. The second-order valence-electron chi connectivity index (χ2n) is 9.24. The highest BCUT2D eigenvalue weighted by Crippen LogP contribution is 2.41. The summed E-state index contributed by atoms with van der Waals surface area (Å²) in [6.45, 7) is 0.207. The molecule has 0 unspecified atom stereocenters. The van der Waals surface area contributed by atoms with Crippen LogP contribution in [0.2, 0.25) is 0 Å². The Morgan fingerprint density at radius 3 is 2.92 bits per heavy atom. The molecule has 1 aromatic carbocycles. The second kappa shape index (κ2) is 8.14. The van der Waals surface area contributed by atoms with Gasteiger partial charge in [-0.25, -0.2) is 9.18 Å². The number of urea groups is 1. The zero-order valence-electron chi connectivity index (χ0n) is 19.5. The molecule has 4 amide bonds. The molecule has 1 fully saturated rings. The SMILES string of the molecule is Cn1cc(-c2ccc3c(n2)CC[C@]32NC(=O)N(CC(=O)N3CCOc4ccc(F)cc4C3)C2=O)cn1. The fourth-order valence-electron chi connectivity index (χ4n) is 5.17. The van der Waals surface area contributed by atoms with Crippen LogP contribution in [0.4, 0.5) is 9.18 Å². The van der Waals surface area contributed by atoms with Crippen LogP contribution in [0.5, 0.6) is 5.75 Å². The largest absolute Gasteiger partial charge is 0.491 e. The summed E-state index contributed by atoms with van der Waals surface area (Å²) >= 11 is 0. The fourth-order valence-corrected chi connectivity index (χ4v) is 5.17. The first-order chi connectivity index (χ1) is 17.3. The minimum Gasteiger partial charge on any atom is -0.491 e. The van der Waals surface area contributed by atoms with Crippen LogP contribution in [0.15, 0.2) is 42.7 Å². The Bertz CT molecular complexity index is 1420. The lowest BCUT2D eigenvalue weighted by Gasteiger charge is -2.24. The average molecular weight is 490 g/mol. The van der Waals surface area contributed by atoms with E-state index in [9.17, 15) is 18.8 Å². The number of benzene rings is 1. The summed E-state index contributed by atoms with van der Waals surface area (Å²) in [4.78, 5) is 46.7. The van der Waals surface area contributed by atoms with Crippen molar-refractivity contribution in [2.45, 2.75) is 24.9 Å². The first-order valence-corrected chi connectivity index (χ1v) is 11.7. The molecule has 1 N–H and O–H groups in total. The van der Waals surface area contributed by atoms with E-state index in [1.807, 2.05) is 25.4 Å². The van der Waals surface area contributed by atoms with E-state index in [-0.39, 0.29) is 19.7 Å². The molecule has 3 aromatic rings. The van der Waals surface area contributed by atoms with Crippen LogP contribution in [0.25, 0.3) is 11.3 Å². The number of nitrogens with one attached hydrogen (secondary N) is 1. The molecule has 0 bridgehead atoms. The third-order valence-corrected chi connectivity index (χ3v) is 7.00. The van der Waals surface area contributed by atoms with Gasteiger partial charge < -0.3 is 15.0 Å². The monoisotopic (exact) mass is 490 g/mol. The molecule has 2 aromatic heterocycles. The molecule has 184 valence electrons. The molecule has 1 saturated heterocycles. The molecule has 6 rings (SSSR count). The topological polar surface area (TPSA) is 110 Å². The molecule has 3 aliphatic rings. The number of aromatic nitrogens is 3. The first-order valence-electron chi connectivity index (χ1n) is 11.7. The van der Waals surface area contributed by atoms with Gasteiger partial charge >= 0.3 is 6.03 Å². The molecular formula is C25H23FN6O4. The highest BCUT2D eigenvalue weighted by atomic mass is 19.1. The van der Waals surface area contributed by atoms with E-state index in [4.69, 9.17) is 9.72 Å². The Kier molecular flexibility index (Phi) is 5.02. The zero-order chi connectivity index (χ0) is 25.0. The molecule has 0 radical (unpaired) electrons. The van der Waals surface area contributed by atoms with Crippen molar-refractivity contribution in [2.24, 2.45) is 7.05 Å². The van der Waals surface area contributed by atoms with Gasteiger partial charge in [-0.2, -0.15) is 5.10 Å². The Morgan fingerprint density at radius 1 is 1.25 bits per heavy atom. The number of hydrogen-bond acceptors (Lipinski definition) is 6. The summed E-state index contributed by atoms with van der Waals surface area (Å²) < 4.78 is 21.0. The standard InChI is InChI=1S/C25H23FN6O4/c1-30-12-16(11-27-30)19-4-3-18-20(28-19)6-7-25(18)23(34)32(24(35)29-25)14-22(33)31-8-9-36-21-5-2-17(26)10-15(21)13-31/h2-5,10-12H,6-9,13-14H2,1H3,(H,29,35)/t25-/m0/s1. The van der Waals surface area contributed by atoms with Crippen molar-refractivity contribution in [3.8, 4) is 17.0 Å². The maximum Gasteiger partial charge on any atom is 0.325 e. The Hall–Kier alpha value is -4.28. The highest BCUT2D eigenvalue weighted by molar-refractivity contribution is 6.09. The molecule has 10 nitrogen and oxygen atoms in total. The van der Waals surface area contributed by atoms with Gasteiger partial charge in [0.25, 0.3) is 5.91 Å². The summed E-state index contributed by atoms with van der Waals surface area (Å²) in [5.41, 5.74) is 2.29. The number of pyridine rings is 1. The van der Waals surface area contributed by atoms with Crippen LogP contribution < -0.4 is 10.1 Å². The molecule has 11 heteroatoms. The summed E-state index contributed by atoms with van der Waals surface area (Å²) in [5, 5.41) is 7.00. The zero-order valence-corrected chi connectivity index (χ0v) is 19.5. The lowest BCUT2D eigenvalue weighted by atomic mass is 9.92. The predicted octanol–water partition coefficient (Wildman–Crippen LogP) is 1.74. The van der Waals surface area contributed by atoms with Crippen molar-refractivity contribution in [3.63, 3.8) is 0 Å². The van der Waals surface area contributed by atoms with Gasteiger partial charge in [-0.1, -0.05) is 6.07 Å². The lowest BCUT2D eigenvalue weighted by Crippen LogP contribution is -2.45. The Balaban J connectivity index is 1.22. The summed E-state index contributed by atoms with van der Waals surface area (Å²) in [6.07, 6.45) is 4.46. The van der Waals surface area contributed by atoms with Gasteiger partial charge in [0.05, 0.1) is 18.4 Å². The molecule has 1 atom stereocenters. The number of ether oxygens (including phenoxy) is 1. The number of amides is 4. The minimum absolute atomic E-state index is 0.130. The number of carbonyl (C=O) groups is 3. The van der Waals surface area contributed by atoms with Crippen molar-refractivity contribution in [3.05, 3.63) is 65.4 Å². The van der Waals surface area contributed by atoms with Gasteiger partial charge in [-0.3, -0.25) is 24.2 Å². The maximum absolute atomic E-state index is 13.7. The van der Waals surface area contributed by atoms with Gasteiger partial charge in [0, 0.05) is 42.2 Å². The second-order valence-corrected chi connectivity index (χ2v) is 9.24. The van der Waals surface area contributed by atoms with Gasteiger partial charge in [0.1, 0.15) is 30.3 Å². The number of hydrogen-bond donors (Lipinski definition) is 1. The van der Waals surface area contributed by atoms with Crippen LogP contribution in [0, 0.1) is 5.82 Å². The van der Waals surface area contributed by atoms with Crippen molar-refractivity contribution < 1.29 is 23.5 Å². The van der Waals surface area contributed by atoms with E-state index >= 15 is 0 Å². The quantitative estimate of drug-likeness (QED) is 0.560. The first kappa shape index (κ1) is 22.2. The summed E-state index contributed by atoms with van der Waals surface area (Å²) in [5.74, 6) is -0.795. The smallest absolute Gasteiger partial charge is 0.325 e. The number of halogens is 1. The molecule has 1 spiro atoms. The highest BCUT2D eigenvalue weighted by Gasteiger charge is 2.56. The van der Waals surface area contributed by atoms with Crippen LogP contribution in [-0.2, 0) is 35.1 Å². The van der Waals surface area contributed by atoms with E-state index in [1.165, 1.54) is 23.1 Å². The molecular weight excluding hydrogens is 467 g/mol. The minimum atomic E-state index is -1.23. The van der Waals surface area contributed by atoms with Gasteiger partial charge in [0.2, 0.25) is 5.91 Å². The van der Waals surface area contributed by atoms with E-state index in [0.29, 0.717) is 29.7 Å². The molecule has 0 saturated carbocycles. The number of aryl methyl sites for hydroxylation is 2. The Labute approximate surface area is 205 Å². The average Bonchev–Trinajstić information content (AvgIpc) is 3.46. The normalized spacial score (nSPS) is 20.7. The maximum atomic E-state index is 13.7. The number of fused-ring (bicyclic) bond motifs is 3. The van der Waals surface area contributed by atoms with Crippen molar-refractivity contribution in [1.29, 1.82) is 0 Å². The van der Waals surface area contributed by atoms with E-state index in [0.717, 1.165) is 21.9 Å². The van der Waals surface area contributed by atoms with Gasteiger partial charge in [-0.05, 0) is 37.1 Å². The molecule has 2 aliphatic heterocycles. The van der Waals surface area contributed by atoms with Crippen LogP contribution in [0.1, 0.15) is 23.2 Å². The van der Waals surface area contributed by atoms with Crippen molar-refractivity contribution in [1.82, 2.24) is 29.9 Å². The van der Waals surface area contributed by atoms with E-state index in [2.05, 4.69) is 10.4 Å². The van der Waals surface area contributed by atoms with E-state index < -0.39 is 35.7 Å². The Morgan fingerprint density at radius 2 is 2.11 bits per heavy atom. The molecule has 36 heavy (non-hydrogen) atoms. The van der Waals surface area contributed by atoms with Crippen LogP contribution in [-0.4, -0.2) is 62.1 Å². The van der Waals surface area contributed by atoms with Gasteiger partial charge in [0.15, 0.2) is 0 Å². The van der Waals surface area contributed by atoms with Crippen LogP contribution in [0.3, 0.4) is 0 Å². The fraction of sp³-hybridized carbons (Fsp3) is 0.320. The van der Waals surface area contributed by atoms with Crippen molar-refractivity contribution in [2.75, 3.05) is 19.7 Å². The molecule has 4 heterocycles. The number of rotatable bonds is 3.